The number of rotatable bonds is 5. The molecule has 0 radical (unpaired) electrons. The summed E-state index contributed by atoms with van der Waals surface area (Å²) in [6, 6.07) is 11.6. The minimum absolute atomic E-state index is 0.177. The van der Waals surface area contributed by atoms with Crippen molar-refractivity contribution < 1.29 is 19.0 Å². The molecule has 2 heterocycles. The molecule has 0 N–H and O–H groups in total. The Bertz CT molecular complexity index is 759. The van der Waals surface area contributed by atoms with Gasteiger partial charge in [-0.25, -0.2) is 9.78 Å². The van der Waals surface area contributed by atoms with E-state index in [1.54, 1.807) is 13.2 Å². The van der Waals surface area contributed by atoms with Gasteiger partial charge in [0, 0.05) is 25.2 Å². The Kier molecular flexibility index (Phi) is 5.73. The second-order valence-electron chi connectivity index (χ2n) is 6.52. The lowest BCUT2D eigenvalue weighted by molar-refractivity contribution is 0.0369. The number of aromatic nitrogens is 1. The number of carbonyl (C=O) groups excluding carboxylic acids is 1. The molecule has 1 aliphatic rings. The number of benzene rings is 1. The number of hydrogen-bond acceptors (Lipinski definition) is 6. The number of pyridine rings is 1. The molecule has 1 aromatic heterocycles. The third-order valence-electron chi connectivity index (χ3n) is 4.10. The molecule has 1 aliphatic heterocycles. The lowest BCUT2D eigenvalue weighted by Gasteiger charge is -2.19. The first-order valence-electron chi connectivity index (χ1n) is 8.74. The van der Waals surface area contributed by atoms with E-state index in [1.807, 2.05) is 32.0 Å². The van der Waals surface area contributed by atoms with Gasteiger partial charge in [-0.1, -0.05) is 12.1 Å². The van der Waals surface area contributed by atoms with Crippen molar-refractivity contribution >= 4 is 5.97 Å². The molecule has 0 bridgehead atoms. The van der Waals surface area contributed by atoms with Crippen molar-refractivity contribution in [3.8, 4) is 11.6 Å². The Morgan fingerprint density at radius 1 is 1.23 bits per heavy atom. The molecule has 2 aromatic rings. The summed E-state index contributed by atoms with van der Waals surface area (Å²) < 4.78 is 16.2. The predicted molar refractivity (Wildman–Crippen MR) is 97.4 cm³/mol. The van der Waals surface area contributed by atoms with Crippen molar-refractivity contribution in [3.05, 3.63) is 53.2 Å². The standard InChI is InChI=1S/C20H24N2O4/c1-14(2)26-20(23)18-9-6-16-13-22(10-11-25-19(16)21-18)12-15-4-7-17(24-3)8-5-15/h4-9,14H,10-13H2,1-3H3. The van der Waals surface area contributed by atoms with Crippen LogP contribution in [0.1, 0.15) is 35.5 Å². The number of fused-ring (bicyclic) bond motifs is 1. The van der Waals surface area contributed by atoms with Gasteiger partial charge in [0.15, 0.2) is 5.69 Å². The first-order chi connectivity index (χ1) is 12.5. The molecule has 0 saturated heterocycles. The maximum atomic E-state index is 12.0. The van der Waals surface area contributed by atoms with Crippen LogP contribution in [-0.2, 0) is 17.8 Å². The normalized spacial score (nSPS) is 14.3. The van der Waals surface area contributed by atoms with E-state index in [1.165, 1.54) is 5.56 Å². The molecule has 6 nitrogen and oxygen atoms in total. The molecule has 138 valence electrons. The van der Waals surface area contributed by atoms with E-state index >= 15 is 0 Å². The van der Waals surface area contributed by atoms with E-state index in [-0.39, 0.29) is 11.8 Å². The van der Waals surface area contributed by atoms with Crippen LogP contribution in [-0.4, -0.2) is 42.2 Å². The highest BCUT2D eigenvalue weighted by Gasteiger charge is 2.20. The van der Waals surface area contributed by atoms with Gasteiger partial charge in [0.25, 0.3) is 0 Å². The summed E-state index contributed by atoms with van der Waals surface area (Å²) in [4.78, 5) is 18.7. The zero-order chi connectivity index (χ0) is 18.5. The van der Waals surface area contributed by atoms with Gasteiger partial charge >= 0.3 is 5.97 Å². The minimum atomic E-state index is -0.425. The first kappa shape index (κ1) is 18.2. The molecule has 0 fully saturated rings. The molecule has 0 amide bonds. The van der Waals surface area contributed by atoms with E-state index in [9.17, 15) is 4.79 Å². The van der Waals surface area contributed by atoms with Crippen molar-refractivity contribution in [2.24, 2.45) is 0 Å². The largest absolute Gasteiger partial charge is 0.497 e. The van der Waals surface area contributed by atoms with Crippen molar-refractivity contribution in [3.63, 3.8) is 0 Å². The van der Waals surface area contributed by atoms with Gasteiger partial charge in [0.2, 0.25) is 5.88 Å². The number of methoxy groups -OCH3 is 1. The molecular weight excluding hydrogens is 332 g/mol. The monoisotopic (exact) mass is 356 g/mol. The molecule has 26 heavy (non-hydrogen) atoms. The zero-order valence-corrected chi connectivity index (χ0v) is 15.4. The van der Waals surface area contributed by atoms with E-state index in [2.05, 4.69) is 22.0 Å². The fourth-order valence-corrected chi connectivity index (χ4v) is 2.82. The van der Waals surface area contributed by atoms with Gasteiger partial charge in [0.05, 0.1) is 13.2 Å². The average Bonchev–Trinajstić information content (AvgIpc) is 2.82. The van der Waals surface area contributed by atoms with Crippen LogP contribution in [0.5, 0.6) is 11.6 Å². The summed E-state index contributed by atoms with van der Waals surface area (Å²) in [5, 5.41) is 0. The van der Waals surface area contributed by atoms with E-state index < -0.39 is 5.97 Å². The van der Waals surface area contributed by atoms with Crippen LogP contribution in [0.2, 0.25) is 0 Å². The Hall–Kier alpha value is -2.60. The van der Waals surface area contributed by atoms with Gasteiger partial charge in [-0.3, -0.25) is 4.90 Å². The minimum Gasteiger partial charge on any atom is -0.497 e. The summed E-state index contributed by atoms with van der Waals surface area (Å²) in [6.45, 7) is 6.47. The highest BCUT2D eigenvalue weighted by molar-refractivity contribution is 5.87. The van der Waals surface area contributed by atoms with Gasteiger partial charge in [0.1, 0.15) is 12.4 Å². The van der Waals surface area contributed by atoms with Gasteiger partial charge in [-0.05, 0) is 43.7 Å². The lowest BCUT2D eigenvalue weighted by Crippen LogP contribution is -2.25. The Morgan fingerprint density at radius 3 is 2.69 bits per heavy atom. The van der Waals surface area contributed by atoms with Gasteiger partial charge < -0.3 is 14.2 Å². The van der Waals surface area contributed by atoms with Crippen molar-refractivity contribution in [2.75, 3.05) is 20.3 Å². The summed E-state index contributed by atoms with van der Waals surface area (Å²) in [5.41, 5.74) is 2.46. The van der Waals surface area contributed by atoms with Crippen LogP contribution < -0.4 is 9.47 Å². The second kappa shape index (κ2) is 8.19. The molecule has 0 aliphatic carbocycles. The van der Waals surface area contributed by atoms with Crippen molar-refractivity contribution in [2.45, 2.75) is 33.0 Å². The lowest BCUT2D eigenvalue weighted by atomic mass is 10.2. The summed E-state index contributed by atoms with van der Waals surface area (Å²) in [6.07, 6.45) is -0.177. The van der Waals surface area contributed by atoms with Crippen molar-refractivity contribution in [1.29, 1.82) is 0 Å². The molecule has 1 aromatic carbocycles. The topological polar surface area (TPSA) is 60.9 Å². The summed E-state index contributed by atoms with van der Waals surface area (Å²) in [5.74, 6) is 0.939. The quantitative estimate of drug-likeness (QED) is 0.768. The van der Waals surface area contributed by atoms with E-state index in [0.717, 1.165) is 24.4 Å². The zero-order valence-electron chi connectivity index (χ0n) is 15.4. The molecule has 0 saturated carbocycles. The van der Waals surface area contributed by atoms with Crippen LogP contribution in [0.4, 0.5) is 0 Å². The number of ether oxygens (including phenoxy) is 3. The van der Waals surface area contributed by atoms with Crippen LogP contribution in [0.15, 0.2) is 36.4 Å². The number of carbonyl (C=O) groups is 1. The third-order valence-corrected chi connectivity index (χ3v) is 4.10. The van der Waals surface area contributed by atoms with E-state index in [4.69, 9.17) is 14.2 Å². The molecule has 0 spiro atoms. The number of esters is 1. The number of hydrogen-bond donors (Lipinski definition) is 0. The molecule has 3 rings (SSSR count). The van der Waals surface area contributed by atoms with Gasteiger partial charge in [-0.2, -0.15) is 0 Å². The summed E-state index contributed by atoms with van der Waals surface area (Å²) in [7, 11) is 1.66. The smallest absolute Gasteiger partial charge is 0.357 e. The molecule has 0 atom stereocenters. The Balaban J connectivity index is 1.70. The SMILES string of the molecule is COc1ccc(CN2CCOc3nc(C(=O)OC(C)C)ccc3C2)cc1. The van der Waals surface area contributed by atoms with Gasteiger partial charge in [-0.15, -0.1) is 0 Å². The average molecular weight is 356 g/mol. The van der Waals surface area contributed by atoms with Crippen molar-refractivity contribution in [1.82, 2.24) is 9.88 Å². The van der Waals surface area contributed by atoms with Crippen LogP contribution in [0.25, 0.3) is 0 Å². The van der Waals surface area contributed by atoms with Crippen LogP contribution >= 0.6 is 0 Å². The van der Waals surface area contributed by atoms with Crippen LogP contribution in [0.3, 0.4) is 0 Å². The molecule has 6 heteroatoms. The second-order valence-corrected chi connectivity index (χ2v) is 6.52. The van der Waals surface area contributed by atoms with Crippen LogP contribution in [0, 0.1) is 0 Å². The predicted octanol–water partition coefficient (Wildman–Crippen LogP) is 3.05. The highest BCUT2D eigenvalue weighted by atomic mass is 16.5. The maximum absolute atomic E-state index is 12.0. The first-order valence-corrected chi connectivity index (χ1v) is 8.74. The Morgan fingerprint density at radius 2 is 2.00 bits per heavy atom. The third kappa shape index (κ3) is 4.52. The Labute approximate surface area is 153 Å². The fourth-order valence-electron chi connectivity index (χ4n) is 2.82. The van der Waals surface area contributed by atoms with E-state index in [0.29, 0.717) is 19.0 Å². The highest BCUT2D eigenvalue weighted by Crippen LogP contribution is 2.23. The maximum Gasteiger partial charge on any atom is 0.357 e. The number of nitrogens with zero attached hydrogens (tertiary/aromatic N) is 2. The molecule has 0 unspecified atom stereocenters. The summed E-state index contributed by atoms with van der Waals surface area (Å²) >= 11 is 0. The molecular formula is C20H24N2O4. The fraction of sp³-hybridized carbons (Fsp3) is 0.400.